The van der Waals surface area contributed by atoms with Crippen LogP contribution in [0.4, 0.5) is 5.69 Å². The van der Waals surface area contributed by atoms with Crippen LogP contribution in [0.5, 0.6) is 0 Å². The van der Waals surface area contributed by atoms with Crippen LogP contribution >= 0.6 is 0 Å². The van der Waals surface area contributed by atoms with E-state index < -0.39 is 11.9 Å². The predicted octanol–water partition coefficient (Wildman–Crippen LogP) is 1.40. The second kappa shape index (κ2) is 5.48. The molecule has 5 heteroatoms. The van der Waals surface area contributed by atoms with E-state index in [0.29, 0.717) is 12.8 Å². The zero-order valence-electron chi connectivity index (χ0n) is 11.9. The Hall–Kier alpha value is -1.88. The number of nitrogens with zero attached hydrogens (tertiary/aromatic N) is 1. The van der Waals surface area contributed by atoms with Crippen molar-refractivity contribution in [3.8, 4) is 0 Å². The molecule has 1 aromatic carbocycles. The van der Waals surface area contributed by atoms with Crippen LogP contribution in [0.3, 0.4) is 0 Å². The summed E-state index contributed by atoms with van der Waals surface area (Å²) in [5.74, 6) is -1.41. The van der Waals surface area contributed by atoms with E-state index in [2.05, 4.69) is 0 Å². The SMILES string of the molecule is NC1CCC(C(=O)N2CC(C(=O)O)Cc3ccccc32)C1. The second-order valence-electron chi connectivity index (χ2n) is 6.09. The lowest BCUT2D eigenvalue weighted by Crippen LogP contribution is -2.45. The molecule has 0 aromatic heterocycles. The van der Waals surface area contributed by atoms with Gasteiger partial charge in [-0.15, -0.1) is 0 Å². The summed E-state index contributed by atoms with van der Waals surface area (Å²) in [7, 11) is 0. The molecular weight excluding hydrogens is 268 g/mol. The Balaban J connectivity index is 1.89. The first-order valence-corrected chi connectivity index (χ1v) is 7.44. The fourth-order valence-corrected chi connectivity index (χ4v) is 3.43. The smallest absolute Gasteiger partial charge is 0.308 e. The van der Waals surface area contributed by atoms with Crippen molar-refractivity contribution in [2.45, 2.75) is 31.7 Å². The summed E-state index contributed by atoms with van der Waals surface area (Å²) in [6, 6.07) is 7.68. The standard InChI is InChI=1S/C16H20N2O3/c17-13-6-5-11(8-13)15(19)18-9-12(16(20)21)7-10-3-1-2-4-14(10)18/h1-4,11-13H,5-9,17H2,(H,20,21). The van der Waals surface area contributed by atoms with Gasteiger partial charge in [-0.25, -0.2) is 0 Å². The van der Waals surface area contributed by atoms with E-state index in [1.807, 2.05) is 24.3 Å². The molecule has 0 saturated heterocycles. The van der Waals surface area contributed by atoms with E-state index in [-0.39, 0.29) is 24.4 Å². The highest BCUT2D eigenvalue weighted by molar-refractivity contribution is 5.97. The van der Waals surface area contributed by atoms with E-state index >= 15 is 0 Å². The molecule has 1 aromatic rings. The summed E-state index contributed by atoms with van der Waals surface area (Å²) >= 11 is 0. The number of carboxylic acid groups (broad SMARTS) is 1. The maximum atomic E-state index is 12.8. The van der Waals surface area contributed by atoms with Gasteiger partial charge in [-0.1, -0.05) is 18.2 Å². The minimum atomic E-state index is -0.842. The number of carboxylic acids is 1. The Kier molecular flexibility index (Phi) is 3.68. The molecular formula is C16H20N2O3. The van der Waals surface area contributed by atoms with E-state index in [0.717, 1.165) is 24.1 Å². The van der Waals surface area contributed by atoms with Crippen LogP contribution in [0.15, 0.2) is 24.3 Å². The van der Waals surface area contributed by atoms with E-state index in [1.54, 1.807) is 4.90 Å². The minimum Gasteiger partial charge on any atom is -0.481 e. The molecule has 5 nitrogen and oxygen atoms in total. The zero-order chi connectivity index (χ0) is 15.0. The number of aliphatic carboxylic acids is 1. The second-order valence-corrected chi connectivity index (χ2v) is 6.09. The molecule has 1 aliphatic carbocycles. The number of carbonyl (C=O) groups is 2. The van der Waals surface area contributed by atoms with E-state index in [9.17, 15) is 14.7 Å². The summed E-state index contributed by atoms with van der Waals surface area (Å²) in [5.41, 5.74) is 7.70. The highest BCUT2D eigenvalue weighted by atomic mass is 16.4. The quantitative estimate of drug-likeness (QED) is 0.861. The van der Waals surface area contributed by atoms with Crippen LogP contribution in [-0.4, -0.2) is 29.6 Å². The summed E-state index contributed by atoms with van der Waals surface area (Å²) in [4.78, 5) is 25.8. The Bertz CT molecular complexity index is 572. The molecule has 21 heavy (non-hydrogen) atoms. The highest BCUT2D eigenvalue weighted by Gasteiger charge is 2.37. The normalized spacial score (nSPS) is 28.2. The van der Waals surface area contributed by atoms with Crippen molar-refractivity contribution < 1.29 is 14.7 Å². The molecule has 1 fully saturated rings. The van der Waals surface area contributed by atoms with Gasteiger partial charge in [0, 0.05) is 24.2 Å². The fourth-order valence-electron chi connectivity index (χ4n) is 3.43. The number of rotatable bonds is 2. The molecule has 1 amide bonds. The third-order valence-corrected chi connectivity index (χ3v) is 4.59. The average Bonchev–Trinajstić information content (AvgIpc) is 2.92. The van der Waals surface area contributed by atoms with Crippen molar-refractivity contribution in [3.63, 3.8) is 0 Å². The topological polar surface area (TPSA) is 83.6 Å². The van der Waals surface area contributed by atoms with Crippen LogP contribution in [0.1, 0.15) is 24.8 Å². The number of carbonyl (C=O) groups excluding carboxylic acids is 1. The molecule has 3 N–H and O–H groups in total. The maximum Gasteiger partial charge on any atom is 0.308 e. The molecule has 3 rings (SSSR count). The first kappa shape index (κ1) is 14.1. The molecule has 2 aliphatic rings. The molecule has 0 radical (unpaired) electrons. The number of hydrogen-bond acceptors (Lipinski definition) is 3. The van der Waals surface area contributed by atoms with Crippen molar-refractivity contribution in [2.75, 3.05) is 11.4 Å². The molecule has 1 saturated carbocycles. The lowest BCUT2D eigenvalue weighted by molar-refractivity contribution is -0.141. The van der Waals surface area contributed by atoms with Gasteiger partial charge >= 0.3 is 5.97 Å². The zero-order valence-corrected chi connectivity index (χ0v) is 11.9. The Morgan fingerprint density at radius 2 is 1.95 bits per heavy atom. The van der Waals surface area contributed by atoms with Crippen LogP contribution in [-0.2, 0) is 16.0 Å². The van der Waals surface area contributed by atoms with Gasteiger partial charge in [0.25, 0.3) is 0 Å². The first-order chi connectivity index (χ1) is 10.1. The molecule has 0 spiro atoms. The van der Waals surface area contributed by atoms with Crippen molar-refractivity contribution in [1.29, 1.82) is 0 Å². The molecule has 112 valence electrons. The van der Waals surface area contributed by atoms with Crippen LogP contribution in [0, 0.1) is 11.8 Å². The number of benzene rings is 1. The molecule has 3 unspecified atom stereocenters. The van der Waals surface area contributed by atoms with E-state index in [4.69, 9.17) is 5.73 Å². The summed E-state index contributed by atoms with van der Waals surface area (Å²) in [5, 5.41) is 9.31. The Morgan fingerprint density at radius 1 is 1.19 bits per heavy atom. The lowest BCUT2D eigenvalue weighted by Gasteiger charge is -2.34. The van der Waals surface area contributed by atoms with Crippen molar-refractivity contribution in [3.05, 3.63) is 29.8 Å². The van der Waals surface area contributed by atoms with Crippen molar-refractivity contribution >= 4 is 17.6 Å². The average molecular weight is 288 g/mol. The fraction of sp³-hybridized carbons (Fsp3) is 0.500. The van der Waals surface area contributed by atoms with Crippen LogP contribution in [0.25, 0.3) is 0 Å². The highest BCUT2D eigenvalue weighted by Crippen LogP contribution is 2.34. The van der Waals surface area contributed by atoms with Gasteiger partial charge < -0.3 is 15.7 Å². The van der Waals surface area contributed by atoms with Crippen molar-refractivity contribution in [1.82, 2.24) is 0 Å². The third kappa shape index (κ3) is 2.65. The van der Waals surface area contributed by atoms with Crippen LogP contribution in [0.2, 0.25) is 0 Å². The number of anilines is 1. The van der Waals surface area contributed by atoms with E-state index in [1.165, 1.54) is 0 Å². The first-order valence-electron chi connectivity index (χ1n) is 7.44. The van der Waals surface area contributed by atoms with Gasteiger partial charge in [-0.2, -0.15) is 0 Å². The monoisotopic (exact) mass is 288 g/mol. The Morgan fingerprint density at radius 3 is 2.62 bits per heavy atom. The molecule has 1 heterocycles. The van der Waals surface area contributed by atoms with Gasteiger partial charge in [0.1, 0.15) is 0 Å². The van der Waals surface area contributed by atoms with Gasteiger partial charge in [0.05, 0.1) is 5.92 Å². The minimum absolute atomic E-state index is 0.0290. The number of fused-ring (bicyclic) bond motifs is 1. The third-order valence-electron chi connectivity index (χ3n) is 4.59. The van der Waals surface area contributed by atoms with Gasteiger partial charge in [0.15, 0.2) is 0 Å². The number of hydrogen-bond donors (Lipinski definition) is 2. The lowest BCUT2D eigenvalue weighted by atomic mass is 9.91. The maximum absolute atomic E-state index is 12.8. The largest absolute Gasteiger partial charge is 0.481 e. The Labute approximate surface area is 123 Å². The predicted molar refractivity (Wildman–Crippen MR) is 78.9 cm³/mol. The number of amides is 1. The molecule has 3 atom stereocenters. The van der Waals surface area contributed by atoms with Gasteiger partial charge in [-0.05, 0) is 37.3 Å². The summed E-state index contributed by atoms with van der Waals surface area (Å²) in [6.07, 6.45) is 2.86. The van der Waals surface area contributed by atoms with Gasteiger partial charge in [0.2, 0.25) is 5.91 Å². The van der Waals surface area contributed by atoms with Crippen molar-refractivity contribution in [2.24, 2.45) is 17.6 Å². The summed E-state index contributed by atoms with van der Waals surface area (Å²) < 4.78 is 0. The number of nitrogens with two attached hydrogens (primary N) is 1. The molecule has 1 aliphatic heterocycles. The van der Waals surface area contributed by atoms with Gasteiger partial charge in [-0.3, -0.25) is 9.59 Å². The van der Waals surface area contributed by atoms with Crippen LogP contribution < -0.4 is 10.6 Å². The molecule has 0 bridgehead atoms. The number of para-hydroxylation sites is 1. The summed E-state index contributed by atoms with van der Waals surface area (Å²) in [6.45, 7) is 0.261.